The number of nitrogens with one attached hydrogen (secondary N) is 2. The van der Waals surface area contributed by atoms with E-state index in [0.29, 0.717) is 11.8 Å². The fourth-order valence-corrected chi connectivity index (χ4v) is 5.06. The summed E-state index contributed by atoms with van der Waals surface area (Å²) in [4.78, 5) is 28.5. The number of carbonyl (C=O) groups is 2. The third-order valence-corrected chi connectivity index (χ3v) is 7.13. The standard InChI is InChI=1S/C31H41N3O3/c1-5-7-10-24(13-12-22(3)32-21-35)25-14-15-26(20-25)29-16-17-30(28(6-2)33-29)34-31(36)19-23-9-8-11-27(18-23)37-4/h8-9,11-13,16-18,21,25-26H,5-7,10,14-15,19-20H2,1-4H3,(H,32,35)(H,34,36)/b22-12+,24-13+. The number of rotatable bonds is 13. The second-order valence-corrected chi connectivity index (χ2v) is 9.82. The molecule has 0 saturated heterocycles. The van der Waals surface area contributed by atoms with Crippen LogP contribution in [0.4, 0.5) is 5.69 Å². The topological polar surface area (TPSA) is 80.3 Å². The molecule has 1 heterocycles. The molecular weight excluding hydrogens is 462 g/mol. The Morgan fingerprint density at radius 1 is 1.16 bits per heavy atom. The van der Waals surface area contributed by atoms with E-state index in [4.69, 9.17) is 9.72 Å². The van der Waals surface area contributed by atoms with Gasteiger partial charge >= 0.3 is 0 Å². The van der Waals surface area contributed by atoms with E-state index in [9.17, 15) is 9.59 Å². The smallest absolute Gasteiger partial charge is 0.228 e. The molecule has 37 heavy (non-hydrogen) atoms. The van der Waals surface area contributed by atoms with E-state index in [-0.39, 0.29) is 12.3 Å². The highest BCUT2D eigenvalue weighted by Gasteiger charge is 2.29. The molecule has 1 aromatic heterocycles. The van der Waals surface area contributed by atoms with Gasteiger partial charge in [-0.15, -0.1) is 0 Å². The van der Waals surface area contributed by atoms with Gasteiger partial charge in [-0.25, -0.2) is 0 Å². The van der Waals surface area contributed by atoms with Gasteiger partial charge in [0.15, 0.2) is 0 Å². The molecule has 1 aliphatic carbocycles. The minimum atomic E-state index is -0.0587. The molecule has 2 aromatic rings. The van der Waals surface area contributed by atoms with Crippen LogP contribution < -0.4 is 15.4 Å². The van der Waals surface area contributed by atoms with E-state index in [1.54, 1.807) is 7.11 Å². The maximum atomic E-state index is 12.7. The van der Waals surface area contributed by atoms with Crippen molar-refractivity contribution in [1.82, 2.24) is 10.3 Å². The quantitative estimate of drug-likeness (QED) is 0.242. The average molecular weight is 504 g/mol. The van der Waals surface area contributed by atoms with Crippen LogP contribution in [0.2, 0.25) is 0 Å². The van der Waals surface area contributed by atoms with Crippen molar-refractivity contribution in [3.8, 4) is 5.75 Å². The van der Waals surface area contributed by atoms with Gasteiger partial charge in [0, 0.05) is 17.3 Å². The van der Waals surface area contributed by atoms with Crippen LogP contribution in [-0.2, 0) is 22.4 Å². The van der Waals surface area contributed by atoms with Gasteiger partial charge in [-0.3, -0.25) is 14.6 Å². The SMILES string of the molecule is CCCC/C(=C\C=C(/C)NC=O)C1CCC(c2ccc(NC(=O)Cc3cccc(OC)c3)c(CC)n2)C1. The normalized spacial score (nSPS) is 17.9. The van der Waals surface area contributed by atoms with Gasteiger partial charge in [0.1, 0.15) is 5.75 Å². The maximum absolute atomic E-state index is 12.7. The predicted molar refractivity (Wildman–Crippen MR) is 150 cm³/mol. The third kappa shape index (κ3) is 8.31. The van der Waals surface area contributed by atoms with Gasteiger partial charge in [-0.05, 0) is 87.3 Å². The number of nitrogens with zero attached hydrogens (tertiary/aromatic N) is 1. The van der Waals surface area contributed by atoms with Crippen molar-refractivity contribution in [3.63, 3.8) is 0 Å². The number of aryl methyl sites for hydroxylation is 1. The lowest BCUT2D eigenvalue weighted by atomic mass is 9.91. The van der Waals surface area contributed by atoms with E-state index < -0.39 is 0 Å². The zero-order valence-electron chi connectivity index (χ0n) is 22.7. The molecule has 2 unspecified atom stereocenters. The molecule has 1 saturated carbocycles. The van der Waals surface area contributed by atoms with Gasteiger partial charge in [0.05, 0.1) is 24.9 Å². The number of carbonyl (C=O) groups excluding carboxylic acids is 2. The van der Waals surface area contributed by atoms with Gasteiger partial charge in [-0.2, -0.15) is 0 Å². The number of amides is 2. The summed E-state index contributed by atoms with van der Waals surface area (Å²) in [6.45, 7) is 6.21. The van der Waals surface area contributed by atoms with E-state index in [2.05, 4.69) is 36.6 Å². The molecule has 2 amide bonds. The first-order valence-corrected chi connectivity index (χ1v) is 13.5. The fraction of sp³-hybridized carbons (Fsp3) is 0.452. The average Bonchev–Trinajstić information content (AvgIpc) is 3.39. The number of hydrogen-bond acceptors (Lipinski definition) is 4. The molecule has 2 atom stereocenters. The number of unbranched alkanes of at least 4 members (excludes halogenated alkanes) is 1. The van der Waals surface area contributed by atoms with E-state index >= 15 is 0 Å². The lowest BCUT2D eigenvalue weighted by molar-refractivity contribution is -0.115. The molecule has 2 N–H and O–H groups in total. The Labute approximate surface area is 221 Å². The minimum Gasteiger partial charge on any atom is -0.497 e. The molecule has 1 aliphatic rings. The molecule has 0 aliphatic heterocycles. The highest BCUT2D eigenvalue weighted by molar-refractivity contribution is 5.92. The molecule has 198 valence electrons. The Bertz CT molecular complexity index is 1120. The molecule has 1 fully saturated rings. The van der Waals surface area contributed by atoms with Crippen molar-refractivity contribution in [3.05, 3.63) is 76.8 Å². The maximum Gasteiger partial charge on any atom is 0.228 e. The number of anilines is 1. The van der Waals surface area contributed by atoms with Gasteiger partial charge in [0.2, 0.25) is 12.3 Å². The summed E-state index contributed by atoms with van der Waals surface area (Å²) in [6, 6.07) is 11.7. The van der Waals surface area contributed by atoms with Gasteiger partial charge in [0.25, 0.3) is 0 Å². The van der Waals surface area contributed by atoms with E-state index in [1.165, 1.54) is 12.0 Å². The Hall–Kier alpha value is -3.41. The molecule has 6 nitrogen and oxygen atoms in total. The highest BCUT2D eigenvalue weighted by Crippen LogP contribution is 2.42. The first-order chi connectivity index (χ1) is 18.0. The number of pyridine rings is 1. The van der Waals surface area contributed by atoms with Crippen LogP contribution in [0, 0.1) is 5.92 Å². The first-order valence-electron chi connectivity index (χ1n) is 13.5. The molecule has 0 bridgehead atoms. The summed E-state index contributed by atoms with van der Waals surface area (Å²) < 4.78 is 5.26. The number of methoxy groups -OCH3 is 1. The summed E-state index contributed by atoms with van der Waals surface area (Å²) in [5.74, 6) is 1.64. The number of benzene rings is 1. The molecule has 6 heteroatoms. The summed E-state index contributed by atoms with van der Waals surface area (Å²) in [5.41, 5.74) is 6.08. The van der Waals surface area contributed by atoms with Crippen molar-refractivity contribution < 1.29 is 14.3 Å². The number of ether oxygens (including phenoxy) is 1. The number of aromatic nitrogens is 1. The lowest BCUT2D eigenvalue weighted by Gasteiger charge is -2.17. The Balaban J connectivity index is 1.68. The van der Waals surface area contributed by atoms with Gasteiger partial charge < -0.3 is 15.4 Å². The van der Waals surface area contributed by atoms with Crippen LogP contribution in [0.25, 0.3) is 0 Å². The third-order valence-electron chi connectivity index (χ3n) is 7.13. The van der Waals surface area contributed by atoms with Crippen LogP contribution in [0.1, 0.15) is 82.2 Å². The monoisotopic (exact) mass is 503 g/mol. The van der Waals surface area contributed by atoms with Crippen LogP contribution in [0.5, 0.6) is 5.75 Å². The molecule has 0 radical (unpaired) electrons. The lowest BCUT2D eigenvalue weighted by Crippen LogP contribution is -2.16. The molecule has 1 aromatic carbocycles. The van der Waals surface area contributed by atoms with Crippen molar-refractivity contribution in [2.75, 3.05) is 12.4 Å². The highest BCUT2D eigenvalue weighted by atomic mass is 16.5. The van der Waals surface area contributed by atoms with Crippen LogP contribution in [-0.4, -0.2) is 24.4 Å². The summed E-state index contributed by atoms with van der Waals surface area (Å²) >= 11 is 0. The largest absolute Gasteiger partial charge is 0.497 e. The summed E-state index contributed by atoms with van der Waals surface area (Å²) in [5, 5.41) is 5.79. The number of allylic oxidation sites excluding steroid dienone is 4. The van der Waals surface area contributed by atoms with Crippen LogP contribution >= 0.6 is 0 Å². The zero-order chi connectivity index (χ0) is 26.6. The minimum absolute atomic E-state index is 0.0587. The first kappa shape index (κ1) is 28.2. The van der Waals surface area contributed by atoms with E-state index in [1.807, 2.05) is 43.3 Å². The zero-order valence-corrected chi connectivity index (χ0v) is 22.7. The van der Waals surface area contributed by atoms with Crippen LogP contribution in [0.15, 0.2) is 59.8 Å². The molecular formula is C31H41N3O3. The van der Waals surface area contributed by atoms with Crippen molar-refractivity contribution in [1.29, 1.82) is 0 Å². The summed E-state index contributed by atoms with van der Waals surface area (Å²) in [7, 11) is 1.63. The molecule has 3 rings (SSSR count). The number of hydrogen-bond donors (Lipinski definition) is 2. The summed E-state index contributed by atoms with van der Waals surface area (Å²) in [6.07, 6.45) is 12.8. The Kier molecular flexibility index (Phi) is 10.9. The Morgan fingerprint density at radius 3 is 2.73 bits per heavy atom. The van der Waals surface area contributed by atoms with Crippen molar-refractivity contribution in [2.45, 2.75) is 78.1 Å². The fourth-order valence-electron chi connectivity index (χ4n) is 5.06. The molecule has 0 spiro atoms. The van der Waals surface area contributed by atoms with E-state index in [0.717, 1.165) is 79.0 Å². The van der Waals surface area contributed by atoms with Crippen molar-refractivity contribution >= 4 is 18.0 Å². The predicted octanol–water partition coefficient (Wildman–Crippen LogP) is 6.48. The Morgan fingerprint density at radius 2 is 2.00 bits per heavy atom. The van der Waals surface area contributed by atoms with Crippen molar-refractivity contribution in [2.24, 2.45) is 5.92 Å². The van der Waals surface area contributed by atoms with Gasteiger partial charge in [-0.1, -0.05) is 44.1 Å². The second-order valence-electron chi connectivity index (χ2n) is 9.82. The van der Waals surface area contributed by atoms with Crippen LogP contribution in [0.3, 0.4) is 0 Å². The second kappa shape index (κ2) is 14.4.